The van der Waals surface area contributed by atoms with Gasteiger partial charge in [-0.05, 0) is 0 Å². The second-order valence-corrected chi connectivity index (χ2v) is 4.06. The van der Waals surface area contributed by atoms with Crippen LogP contribution in [0.5, 0.6) is 0 Å². The Morgan fingerprint density at radius 1 is 0.611 bits per heavy atom. The van der Waals surface area contributed by atoms with Gasteiger partial charge in [-0.1, -0.05) is 0 Å². The second kappa shape index (κ2) is 4.49. The van der Waals surface area contributed by atoms with Crippen LogP contribution in [0.3, 0.4) is 0 Å². The summed E-state index contributed by atoms with van der Waals surface area (Å²) in [6.07, 6.45) is -20.4. The van der Waals surface area contributed by atoms with Crippen LogP contribution in [-0.4, -0.2) is 28.2 Å². The normalized spacial score (nSPS) is 16.0. The van der Waals surface area contributed by atoms with Crippen molar-refractivity contribution >= 4 is 22.6 Å². The minimum atomic E-state index is -7.02. The number of rotatable bonds is 3. The lowest BCUT2D eigenvalue weighted by atomic mass is 10.3. The molecule has 0 saturated heterocycles. The predicted octanol–water partition coefficient (Wildman–Crippen LogP) is 4.41. The van der Waals surface area contributed by atoms with Crippen molar-refractivity contribution in [3.63, 3.8) is 0 Å². The van der Waals surface area contributed by atoms with Crippen molar-refractivity contribution in [3.05, 3.63) is 0 Å². The van der Waals surface area contributed by atoms with E-state index in [9.17, 15) is 48.3 Å². The van der Waals surface area contributed by atoms with Gasteiger partial charge in [-0.3, -0.25) is 4.74 Å². The quantitative estimate of drug-likeness (QED) is 0.379. The Kier molecular flexibility index (Phi) is 4.47. The van der Waals surface area contributed by atoms with E-state index in [1.165, 1.54) is 0 Å². The highest BCUT2D eigenvalue weighted by atomic mass is 127. The third-order valence-electron chi connectivity index (χ3n) is 1.33. The Bertz CT molecular complexity index is 284. The average Bonchev–Trinajstić information content (AvgIpc) is 1.95. The summed E-state index contributed by atoms with van der Waals surface area (Å²) in [7, 11) is 0. The van der Waals surface area contributed by atoms with Gasteiger partial charge in [-0.15, -0.1) is 0 Å². The highest BCUT2D eigenvalue weighted by molar-refractivity contribution is 14.1. The minimum absolute atomic E-state index is 0.494. The molecule has 0 aromatic carbocycles. The van der Waals surface area contributed by atoms with Crippen molar-refractivity contribution in [1.29, 1.82) is 0 Å². The lowest BCUT2D eigenvalue weighted by Crippen LogP contribution is -2.60. The summed E-state index contributed by atoms with van der Waals surface area (Å²) in [5, 5.41) is 0. The zero-order valence-corrected chi connectivity index (χ0v) is 9.60. The SMILES string of the molecule is FC(F)(F)C(F)(OC(F)(F)C(F)(F)I)C(F)(F)F. The molecule has 0 spiro atoms. The maximum absolute atomic E-state index is 12.5. The van der Waals surface area contributed by atoms with E-state index in [1.54, 1.807) is 4.74 Å². The maximum atomic E-state index is 12.5. The van der Waals surface area contributed by atoms with E-state index in [0.29, 0.717) is 0 Å². The van der Waals surface area contributed by atoms with Crippen molar-refractivity contribution in [2.45, 2.75) is 28.2 Å². The molecule has 0 radical (unpaired) electrons. The summed E-state index contributed by atoms with van der Waals surface area (Å²) in [6, 6.07) is 0. The Balaban J connectivity index is 5.58. The molecule has 18 heavy (non-hydrogen) atoms. The van der Waals surface area contributed by atoms with E-state index in [0.717, 1.165) is 0 Å². The van der Waals surface area contributed by atoms with Crippen LogP contribution < -0.4 is 0 Å². The molecule has 0 saturated carbocycles. The highest BCUT2D eigenvalue weighted by Crippen LogP contribution is 2.53. The van der Waals surface area contributed by atoms with Crippen LogP contribution in [-0.2, 0) is 4.74 Å². The molecule has 0 aliphatic carbocycles. The van der Waals surface area contributed by atoms with Gasteiger partial charge in [0.05, 0.1) is 0 Å². The highest BCUT2D eigenvalue weighted by Gasteiger charge is 2.79. The molecule has 0 rings (SSSR count). The molecule has 0 fully saturated rings. The summed E-state index contributed by atoms with van der Waals surface area (Å²) in [6.45, 7) is 0. The van der Waals surface area contributed by atoms with Crippen molar-refractivity contribution in [2.75, 3.05) is 0 Å². The third kappa shape index (κ3) is 3.27. The molecule has 0 unspecified atom stereocenters. The molecular weight excluding hydrogens is 412 g/mol. The molecule has 0 heterocycles. The number of hydrogen-bond donors (Lipinski definition) is 0. The second-order valence-electron chi connectivity index (χ2n) is 2.71. The Labute approximate surface area is 104 Å². The van der Waals surface area contributed by atoms with Crippen molar-refractivity contribution < 1.29 is 53.0 Å². The van der Waals surface area contributed by atoms with Gasteiger partial charge in [-0.2, -0.15) is 48.3 Å². The largest absolute Gasteiger partial charge is 0.458 e. The van der Waals surface area contributed by atoms with Crippen molar-refractivity contribution in [1.82, 2.24) is 0 Å². The van der Waals surface area contributed by atoms with Gasteiger partial charge in [0.15, 0.2) is 0 Å². The number of alkyl halides is 12. The average molecular weight is 412 g/mol. The monoisotopic (exact) mass is 412 g/mol. The smallest absolute Gasteiger partial charge is 0.262 e. The fourth-order valence-corrected chi connectivity index (χ4v) is 0.621. The molecule has 0 aromatic heterocycles. The van der Waals surface area contributed by atoms with Gasteiger partial charge in [0.2, 0.25) is 0 Å². The van der Waals surface area contributed by atoms with Gasteiger partial charge < -0.3 is 0 Å². The van der Waals surface area contributed by atoms with Crippen LogP contribution in [0, 0.1) is 0 Å². The van der Waals surface area contributed by atoms with Crippen LogP contribution in [0.25, 0.3) is 0 Å². The fourth-order valence-electron chi connectivity index (χ4n) is 0.511. The minimum Gasteiger partial charge on any atom is -0.262 e. The standard InChI is InChI=1S/C5F11IO/c6-1(2(7,8)9,3(10,11)12)18-5(15,16)4(13,14)17. The molecule has 0 atom stereocenters. The zero-order chi connectivity index (χ0) is 15.2. The molecule has 0 amide bonds. The van der Waals surface area contributed by atoms with Crippen LogP contribution >= 0.6 is 22.6 Å². The Morgan fingerprint density at radius 3 is 1.06 bits per heavy atom. The van der Waals surface area contributed by atoms with E-state index in [-0.39, 0.29) is 0 Å². The third-order valence-corrected chi connectivity index (χ3v) is 1.96. The summed E-state index contributed by atoms with van der Waals surface area (Å²) < 4.78 is 128. The number of halogens is 12. The van der Waals surface area contributed by atoms with Crippen LogP contribution in [0.15, 0.2) is 0 Å². The van der Waals surface area contributed by atoms with Crippen LogP contribution in [0.2, 0.25) is 0 Å². The predicted molar refractivity (Wildman–Crippen MR) is 40.9 cm³/mol. The van der Waals surface area contributed by atoms with E-state index in [1.807, 2.05) is 0 Å². The Morgan fingerprint density at radius 2 is 0.889 bits per heavy atom. The number of hydrogen-bond acceptors (Lipinski definition) is 1. The fraction of sp³-hybridized carbons (Fsp3) is 1.00. The van der Waals surface area contributed by atoms with Gasteiger partial charge in [-0.25, -0.2) is 0 Å². The van der Waals surface area contributed by atoms with Crippen LogP contribution in [0.4, 0.5) is 48.3 Å². The number of ether oxygens (including phenoxy) is 1. The zero-order valence-electron chi connectivity index (χ0n) is 7.44. The molecule has 1 nitrogen and oxygen atoms in total. The van der Waals surface area contributed by atoms with E-state index in [4.69, 9.17) is 0 Å². The van der Waals surface area contributed by atoms with Crippen LogP contribution in [0.1, 0.15) is 0 Å². The summed E-state index contributed by atoms with van der Waals surface area (Å²) in [5.41, 5.74) is 0. The molecule has 0 bridgehead atoms. The van der Waals surface area contributed by atoms with Crippen molar-refractivity contribution in [3.8, 4) is 0 Å². The first-order valence-electron chi connectivity index (χ1n) is 3.43. The van der Waals surface area contributed by atoms with Gasteiger partial charge in [0.1, 0.15) is 0 Å². The van der Waals surface area contributed by atoms with Gasteiger partial charge >= 0.3 is 28.2 Å². The first-order chi connectivity index (χ1) is 7.46. The van der Waals surface area contributed by atoms with Crippen molar-refractivity contribution in [2.24, 2.45) is 0 Å². The lowest BCUT2D eigenvalue weighted by Gasteiger charge is -2.33. The molecule has 0 aromatic rings. The molecule has 0 aliphatic rings. The van der Waals surface area contributed by atoms with E-state index in [2.05, 4.69) is 0 Å². The summed E-state index contributed by atoms with van der Waals surface area (Å²) in [4.78, 5) is 0. The van der Waals surface area contributed by atoms with Gasteiger partial charge in [0.25, 0.3) is 0 Å². The molecule has 110 valence electrons. The molecule has 13 heteroatoms. The maximum Gasteiger partial charge on any atom is 0.458 e. The summed E-state index contributed by atoms with van der Waals surface area (Å²) in [5.74, 6) is -6.92. The molecule has 0 N–H and O–H groups in total. The topological polar surface area (TPSA) is 9.23 Å². The molecule has 0 aliphatic heterocycles. The lowest BCUT2D eigenvalue weighted by molar-refractivity contribution is -0.493. The van der Waals surface area contributed by atoms with E-state index >= 15 is 0 Å². The first-order valence-corrected chi connectivity index (χ1v) is 4.50. The van der Waals surface area contributed by atoms with E-state index < -0.39 is 50.8 Å². The first kappa shape index (κ1) is 17.9. The Hall–Kier alpha value is -0.0800. The molecular formula is C5F11IO. The summed E-state index contributed by atoms with van der Waals surface area (Å²) >= 11 is -0.494. The van der Waals surface area contributed by atoms with Gasteiger partial charge in [0, 0.05) is 22.6 Å².